The first kappa shape index (κ1) is 17.2. The number of carboxylic acid groups (broad SMARTS) is 1. The lowest BCUT2D eigenvalue weighted by Gasteiger charge is -2.24. The van der Waals surface area contributed by atoms with Crippen LogP contribution in [-0.2, 0) is 20.7 Å². The molecule has 0 aliphatic heterocycles. The Hall–Kier alpha value is -1.88. The summed E-state index contributed by atoms with van der Waals surface area (Å²) in [5, 5.41) is 12.0. The van der Waals surface area contributed by atoms with Gasteiger partial charge in [-0.2, -0.15) is 0 Å². The molecule has 21 heavy (non-hydrogen) atoms. The molecule has 0 amide bonds. The van der Waals surface area contributed by atoms with Gasteiger partial charge in [-0.05, 0) is 24.8 Å². The third kappa shape index (κ3) is 6.40. The number of hydrogen-bond donors (Lipinski definition) is 2. The van der Waals surface area contributed by atoms with Crippen molar-refractivity contribution in [3.63, 3.8) is 0 Å². The number of carbonyl (C=O) groups is 2. The van der Waals surface area contributed by atoms with Crippen LogP contribution in [0.4, 0.5) is 0 Å². The van der Waals surface area contributed by atoms with Gasteiger partial charge in [-0.15, -0.1) is 0 Å². The zero-order valence-corrected chi connectivity index (χ0v) is 12.5. The SMILES string of the molecule is CCC(CC)N[C@H](COC(=O)C(=O)O)Cc1ccccc1. The van der Waals surface area contributed by atoms with E-state index in [-0.39, 0.29) is 12.6 Å². The number of rotatable bonds is 8. The Kier molecular flexibility index (Phi) is 7.46. The highest BCUT2D eigenvalue weighted by atomic mass is 16.6. The molecule has 1 aromatic carbocycles. The summed E-state index contributed by atoms with van der Waals surface area (Å²) in [6.07, 6.45) is 2.62. The lowest BCUT2D eigenvalue weighted by molar-refractivity contribution is -0.164. The average molecular weight is 293 g/mol. The van der Waals surface area contributed by atoms with Gasteiger partial charge < -0.3 is 15.2 Å². The van der Waals surface area contributed by atoms with Gasteiger partial charge in [0.1, 0.15) is 6.61 Å². The van der Waals surface area contributed by atoms with Crippen molar-refractivity contribution in [3.05, 3.63) is 35.9 Å². The number of ether oxygens (including phenoxy) is 1. The summed E-state index contributed by atoms with van der Waals surface area (Å²) in [7, 11) is 0. The minimum atomic E-state index is -1.56. The molecule has 0 saturated carbocycles. The van der Waals surface area contributed by atoms with E-state index in [0.29, 0.717) is 12.5 Å². The standard InChI is InChI=1S/C16H23NO4/c1-3-13(4-2)17-14(11-21-16(20)15(18)19)10-12-8-6-5-7-9-12/h5-9,13-14,17H,3-4,10-11H2,1-2H3,(H,18,19)/t14-/m0/s1. The number of hydrogen-bond acceptors (Lipinski definition) is 4. The van der Waals surface area contributed by atoms with Crippen LogP contribution < -0.4 is 5.32 Å². The number of nitrogens with one attached hydrogen (secondary N) is 1. The minimum absolute atomic E-state index is 0.0521. The first-order valence-corrected chi connectivity index (χ1v) is 7.26. The summed E-state index contributed by atoms with van der Waals surface area (Å²) in [6, 6.07) is 10.1. The van der Waals surface area contributed by atoms with Gasteiger partial charge in [0.2, 0.25) is 0 Å². The van der Waals surface area contributed by atoms with Crippen LogP contribution in [0.25, 0.3) is 0 Å². The van der Waals surface area contributed by atoms with Crippen molar-refractivity contribution < 1.29 is 19.4 Å². The Labute approximate surface area is 125 Å². The molecule has 0 radical (unpaired) electrons. The number of carbonyl (C=O) groups excluding carboxylic acids is 1. The van der Waals surface area contributed by atoms with Crippen molar-refractivity contribution in [2.24, 2.45) is 0 Å². The van der Waals surface area contributed by atoms with E-state index in [0.717, 1.165) is 18.4 Å². The second-order valence-corrected chi connectivity index (χ2v) is 4.97. The lowest BCUT2D eigenvalue weighted by Crippen LogP contribution is -2.43. The Bertz CT molecular complexity index is 443. The average Bonchev–Trinajstić information content (AvgIpc) is 2.50. The second kappa shape index (κ2) is 9.13. The van der Waals surface area contributed by atoms with Gasteiger partial charge >= 0.3 is 11.9 Å². The molecule has 5 heteroatoms. The van der Waals surface area contributed by atoms with Crippen LogP contribution in [0.3, 0.4) is 0 Å². The van der Waals surface area contributed by atoms with Gasteiger partial charge in [0.25, 0.3) is 0 Å². The molecule has 0 spiro atoms. The highest BCUT2D eigenvalue weighted by Gasteiger charge is 2.19. The van der Waals surface area contributed by atoms with Gasteiger partial charge in [0.15, 0.2) is 0 Å². The van der Waals surface area contributed by atoms with E-state index in [1.54, 1.807) is 0 Å². The van der Waals surface area contributed by atoms with E-state index in [1.807, 2.05) is 30.3 Å². The molecular formula is C16H23NO4. The van der Waals surface area contributed by atoms with E-state index < -0.39 is 11.9 Å². The summed E-state index contributed by atoms with van der Waals surface area (Å²) < 4.78 is 4.83. The van der Waals surface area contributed by atoms with Gasteiger partial charge in [-0.25, -0.2) is 9.59 Å². The molecule has 0 unspecified atom stereocenters. The molecule has 5 nitrogen and oxygen atoms in total. The minimum Gasteiger partial charge on any atom is -0.473 e. The first-order chi connectivity index (χ1) is 10.1. The molecule has 2 N–H and O–H groups in total. The van der Waals surface area contributed by atoms with E-state index >= 15 is 0 Å². The van der Waals surface area contributed by atoms with Crippen LogP contribution in [0.15, 0.2) is 30.3 Å². The number of benzene rings is 1. The first-order valence-electron chi connectivity index (χ1n) is 7.26. The van der Waals surface area contributed by atoms with Crippen molar-refractivity contribution in [2.75, 3.05) is 6.61 Å². The van der Waals surface area contributed by atoms with Crippen molar-refractivity contribution in [1.29, 1.82) is 0 Å². The van der Waals surface area contributed by atoms with Gasteiger partial charge in [0.05, 0.1) is 0 Å². The fourth-order valence-corrected chi connectivity index (χ4v) is 2.16. The summed E-state index contributed by atoms with van der Waals surface area (Å²) in [4.78, 5) is 21.6. The molecule has 116 valence electrons. The van der Waals surface area contributed by atoms with E-state index in [9.17, 15) is 9.59 Å². The molecule has 1 atom stereocenters. The van der Waals surface area contributed by atoms with Gasteiger partial charge in [-0.3, -0.25) is 0 Å². The summed E-state index contributed by atoms with van der Waals surface area (Å²) in [5.41, 5.74) is 1.12. The van der Waals surface area contributed by atoms with Crippen molar-refractivity contribution in [1.82, 2.24) is 5.32 Å². The fourth-order valence-electron chi connectivity index (χ4n) is 2.16. The zero-order valence-electron chi connectivity index (χ0n) is 12.5. The smallest absolute Gasteiger partial charge is 0.417 e. The summed E-state index contributed by atoms with van der Waals surface area (Å²) >= 11 is 0. The monoisotopic (exact) mass is 293 g/mol. The Balaban J connectivity index is 2.65. The Morgan fingerprint density at radius 3 is 2.29 bits per heavy atom. The van der Waals surface area contributed by atoms with Crippen LogP contribution in [-0.4, -0.2) is 35.7 Å². The van der Waals surface area contributed by atoms with E-state index in [4.69, 9.17) is 9.84 Å². The highest BCUT2D eigenvalue weighted by molar-refractivity contribution is 6.28. The highest BCUT2D eigenvalue weighted by Crippen LogP contribution is 2.07. The Morgan fingerprint density at radius 2 is 1.76 bits per heavy atom. The van der Waals surface area contributed by atoms with E-state index in [1.165, 1.54) is 0 Å². The number of carboxylic acids is 1. The van der Waals surface area contributed by atoms with Crippen molar-refractivity contribution in [3.8, 4) is 0 Å². The number of esters is 1. The second-order valence-electron chi connectivity index (χ2n) is 4.97. The largest absolute Gasteiger partial charge is 0.473 e. The molecule has 1 aromatic rings. The number of aliphatic carboxylic acids is 1. The maximum atomic E-state index is 11.1. The quantitative estimate of drug-likeness (QED) is 0.566. The predicted molar refractivity (Wildman–Crippen MR) is 80.0 cm³/mol. The maximum absolute atomic E-state index is 11.1. The van der Waals surface area contributed by atoms with Crippen LogP contribution in [0, 0.1) is 0 Å². The van der Waals surface area contributed by atoms with Crippen LogP contribution in [0.2, 0.25) is 0 Å². The van der Waals surface area contributed by atoms with Crippen LogP contribution >= 0.6 is 0 Å². The normalized spacial score (nSPS) is 12.1. The third-order valence-electron chi connectivity index (χ3n) is 3.37. The van der Waals surface area contributed by atoms with Crippen molar-refractivity contribution >= 4 is 11.9 Å². The Morgan fingerprint density at radius 1 is 1.14 bits per heavy atom. The van der Waals surface area contributed by atoms with Gasteiger partial charge in [-0.1, -0.05) is 44.2 Å². The topological polar surface area (TPSA) is 75.6 Å². The molecule has 1 rings (SSSR count). The summed E-state index contributed by atoms with van der Waals surface area (Å²) in [5.74, 6) is -2.77. The molecule has 0 bridgehead atoms. The predicted octanol–water partition coefficient (Wildman–Crippen LogP) is 2.00. The lowest BCUT2D eigenvalue weighted by atomic mass is 10.0. The molecule has 0 heterocycles. The van der Waals surface area contributed by atoms with Gasteiger partial charge in [0, 0.05) is 12.1 Å². The molecule has 0 fully saturated rings. The van der Waals surface area contributed by atoms with Crippen LogP contribution in [0.5, 0.6) is 0 Å². The molecule has 0 saturated heterocycles. The van der Waals surface area contributed by atoms with E-state index in [2.05, 4.69) is 19.2 Å². The maximum Gasteiger partial charge on any atom is 0.417 e. The molecule has 0 aliphatic rings. The summed E-state index contributed by atoms with van der Waals surface area (Å²) in [6.45, 7) is 4.23. The zero-order chi connectivity index (χ0) is 15.7. The fraction of sp³-hybridized carbons (Fsp3) is 0.500. The molecular weight excluding hydrogens is 270 g/mol. The molecule has 0 aliphatic carbocycles. The molecule has 0 aromatic heterocycles. The van der Waals surface area contributed by atoms with Crippen LogP contribution in [0.1, 0.15) is 32.3 Å². The van der Waals surface area contributed by atoms with Crippen molar-refractivity contribution in [2.45, 2.75) is 45.2 Å². The third-order valence-corrected chi connectivity index (χ3v) is 3.37.